The van der Waals surface area contributed by atoms with Gasteiger partial charge in [-0.05, 0) is 31.5 Å². The molecule has 0 saturated carbocycles. The van der Waals surface area contributed by atoms with E-state index >= 15 is 0 Å². The highest BCUT2D eigenvalue weighted by molar-refractivity contribution is 6.20. The molecule has 0 N–H and O–H groups in total. The summed E-state index contributed by atoms with van der Waals surface area (Å²) in [5.41, 5.74) is 1.14. The Morgan fingerprint density at radius 3 is 3.14 bits per heavy atom. The highest BCUT2D eigenvalue weighted by Crippen LogP contribution is 2.16. The van der Waals surface area contributed by atoms with Crippen LogP contribution in [0.5, 0.6) is 0 Å². The van der Waals surface area contributed by atoms with Gasteiger partial charge >= 0.3 is 0 Å². The molecule has 14 heavy (non-hydrogen) atoms. The van der Waals surface area contributed by atoms with Gasteiger partial charge in [0.05, 0.1) is 5.69 Å². The number of pyridine rings is 1. The molecular weight excluding hydrogens is 196 g/mol. The Labute approximate surface area is 89.9 Å². The minimum absolute atomic E-state index is 0.326. The van der Waals surface area contributed by atoms with E-state index in [9.17, 15) is 0 Å². The van der Waals surface area contributed by atoms with E-state index in [1.807, 2.05) is 18.3 Å². The van der Waals surface area contributed by atoms with Crippen LogP contribution in [-0.4, -0.2) is 28.4 Å². The first-order chi connectivity index (χ1) is 6.84. The van der Waals surface area contributed by atoms with Crippen LogP contribution in [-0.2, 0) is 6.54 Å². The van der Waals surface area contributed by atoms with Crippen molar-refractivity contribution in [1.82, 2.24) is 9.88 Å². The van der Waals surface area contributed by atoms with Crippen LogP contribution in [0, 0.1) is 0 Å². The van der Waals surface area contributed by atoms with E-state index in [1.54, 1.807) is 0 Å². The first-order valence-electron chi connectivity index (χ1n) is 5.11. The molecular formula is C11H15ClN2. The van der Waals surface area contributed by atoms with E-state index in [0.717, 1.165) is 31.7 Å². The zero-order valence-electron chi connectivity index (χ0n) is 8.19. The lowest BCUT2D eigenvalue weighted by molar-refractivity contribution is 0.221. The number of halogens is 1. The number of piperidine rings is 1. The predicted octanol–water partition coefficient (Wildman–Crippen LogP) is 2.28. The third kappa shape index (κ3) is 2.69. The zero-order valence-corrected chi connectivity index (χ0v) is 8.95. The summed E-state index contributed by atoms with van der Waals surface area (Å²) in [6.45, 7) is 3.09. The molecule has 0 amide bonds. The van der Waals surface area contributed by atoms with Crippen LogP contribution in [0.3, 0.4) is 0 Å². The van der Waals surface area contributed by atoms with Crippen LogP contribution in [0.2, 0.25) is 0 Å². The summed E-state index contributed by atoms with van der Waals surface area (Å²) in [5.74, 6) is 0. The van der Waals surface area contributed by atoms with Crippen molar-refractivity contribution in [2.45, 2.75) is 24.8 Å². The normalized spacial score (nSPS) is 23.6. The van der Waals surface area contributed by atoms with Crippen molar-refractivity contribution in [3.8, 4) is 0 Å². The van der Waals surface area contributed by atoms with Gasteiger partial charge in [-0.15, -0.1) is 11.6 Å². The molecule has 0 aromatic carbocycles. The third-order valence-electron chi connectivity index (χ3n) is 2.56. The van der Waals surface area contributed by atoms with Gasteiger partial charge in [0.15, 0.2) is 0 Å². The van der Waals surface area contributed by atoms with Crippen LogP contribution < -0.4 is 0 Å². The number of aromatic nitrogens is 1. The Bertz CT molecular complexity index is 276. The standard InChI is InChI=1S/C11H15ClN2/c12-10-4-3-7-14(8-10)9-11-5-1-2-6-13-11/h1-2,5-6,10H,3-4,7-9H2. The summed E-state index contributed by atoms with van der Waals surface area (Å²) in [6.07, 6.45) is 4.21. The minimum atomic E-state index is 0.326. The third-order valence-corrected chi connectivity index (χ3v) is 2.92. The molecule has 0 bridgehead atoms. The molecule has 1 unspecified atom stereocenters. The second-order valence-corrected chi connectivity index (χ2v) is 4.41. The molecule has 0 spiro atoms. The van der Waals surface area contributed by atoms with Crippen molar-refractivity contribution < 1.29 is 0 Å². The Morgan fingerprint density at radius 2 is 2.43 bits per heavy atom. The average molecular weight is 211 g/mol. The van der Waals surface area contributed by atoms with Gasteiger partial charge in [-0.2, -0.15) is 0 Å². The number of nitrogens with zero attached hydrogens (tertiary/aromatic N) is 2. The lowest BCUT2D eigenvalue weighted by Gasteiger charge is -2.29. The molecule has 1 atom stereocenters. The van der Waals surface area contributed by atoms with E-state index in [-0.39, 0.29) is 0 Å². The molecule has 2 rings (SSSR count). The van der Waals surface area contributed by atoms with Gasteiger partial charge in [0.25, 0.3) is 0 Å². The van der Waals surface area contributed by atoms with Crippen LogP contribution >= 0.6 is 11.6 Å². The summed E-state index contributed by atoms with van der Waals surface area (Å²) >= 11 is 6.12. The fourth-order valence-corrected chi connectivity index (χ4v) is 2.21. The molecule has 1 aliphatic heterocycles. The van der Waals surface area contributed by atoms with Gasteiger partial charge in [-0.25, -0.2) is 0 Å². The van der Waals surface area contributed by atoms with Gasteiger partial charge in [-0.3, -0.25) is 9.88 Å². The van der Waals surface area contributed by atoms with Crippen molar-refractivity contribution in [2.75, 3.05) is 13.1 Å². The molecule has 2 heterocycles. The largest absolute Gasteiger partial charge is 0.296 e. The summed E-state index contributed by atoms with van der Waals surface area (Å²) in [7, 11) is 0. The first kappa shape index (κ1) is 9.94. The van der Waals surface area contributed by atoms with Crippen molar-refractivity contribution in [1.29, 1.82) is 0 Å². The molecule has 2 nitrogen and oxygen atoms in total. The van der Waals surface area contributed by atoms with Crippen LogP contribution in [0.4, 0.5) is 0 Å². The topological polar surface area (TPSA) is 16.1 Å². The Hall–Kier alpha value is -0.600. The van der Waals surface area contributed by atoms with Crippen LogP contribution in [0.1, 0.15) is 18.5 Å². The maximum absolute atomic E-state index is 6.12. The summed E-state index contributed by atoms with van der Waals surface area (Å²) < 4.78 is 0. The van der Waals surface area contributed by atoms with Crippen LogP contribution in [0.15, 0.2) is 24.4 Å². The fourth-order valence-electron chi connectivity index (χ4n) is 1.86. The molecule has 1 fully saturated rings. The molecule has 0 aliphatic carbocycles. The molecule has 3 heteroatoms. The van der Waals surface area contributed by atoms with E-state index in [4.69, 9.17) is 11.6 Å². The first-order valence-corrected chi connectivity index (χ1v) is 5.54. The lowest BCUT2D eigenvalue weighted by atomic mass is 10.1. The van der Waals surface area contributed by atoms with E-state index in [0.29, 0.717) is 5.38 Å². The van der Waals surface area contributed by atoms with E-state index < -0.39 is 0 Å². The maximum Gasteiger partial charge on any atom is 0.0543 e. The van der Waals surface area contributed by atoms with E-state index in [2.05, 4.69) is 16.0 Å². The number of rotatable bonds is 2. The predicted molar refractivity (Wildman–Crippen MR) is 58.4 cm³/mol. The second-order valence-electron chi connectivity index (χ2n) is 3.80. The zero-order chi connectivity index (χ0) is 9.80. The van der Waals surface area contributed by atoms with E-state index in [1.165, 1.54) is 6.42 Å². The average Bonchev–Trinajstić information content (AvgIpc) is 2.19. The molecule has 1 aromatic heterocycles. The molecule has 1 aromatic rings. The lowest BCUT2D eigenvalue weighted by Crippen LogP contribution is -2.35. The van der Waals surface area contributed by atoms with Crippen molar-refractivity contribution in [2.24, 2.45) is 0 Å². The summed E-state index contributed by atoms with van der Waals surface area (Å²) in [6, 6.07) is 6.05. The monoisotopic (exact) mass is 210 g/mol. The number of hydrogen-bond acceptors (Lipinski definition) is 2. The number of likely N-dealkylation sites (tertiary alicyclic amines) is 1. The maximum atomic E-state index is 6.12. The Morgan fingerprint density at radius 1 is 1.50 bits per heavy atom. The second kappa shape index (κ2) is 4.76. The Kier molecular flexibility index (Phi) is 3.38. The number of alkyl halides is 1. The van der Waals surface area contributed by atoms with Crippen LogP contribution in [0.25, 0.3) is 0 Å². The van der Waals surface area contributed by atoms with Gasteiger partial charge in [0, 0.05) is 24.7 Å². The van der Waals surface area contributed by atoms with Gasteiger partial charge in [0.1, 0.15) is 0 Å². The quantitative estimate of drug-likeness (QED) is 0.697. The molecule has 1 saturated heterocycles. The van der Waals surface area contributed by atoms with Gasteiger partial charge in [0.2, 0.25) is 0 Å². The van der Waals surface area contributed by atoms with Gasteiger partial charge in [-0.1, -0.05) is 6.07 Å². The number of hydrogen-bond donors (Lipinski definition) is 0. The summed E-state index contributed by atoms with van der Waals surface area (Å²) in [4.78, 5) is 6.69. The SMILES string of the molecule is ClC1CCCN(Cc2ccccn2)C1. The van der Waals surface area contributed by atoms with Crippen molar-refractivity contribution in [3.05, 3.63) is 30.1 Å². The molecule has 1 aliphatic rings. The molecule has 76 valence electrons. The smallest absolute Gasteiger partial charge is 0.0543 e. The Balaban J connectivity index is 1.91. The summed E-state index contributed by atoms with van der Waals surface area (Å²) in [5, 5.41) is 0.326. The minimum Gasteiger partial charge on any atom is -0.296 e. The molecule has 0 radical (unpaired) electrons. The van der Waals surface area contributed by atoms with Gasteiger partial charge < -0.3 is 0 Å². The highest BCUT2D eigenvalue weighted by Gasteiger charge is 2.17. The van der Waals surface area contributed by atoms with Crippen molar-refractivity contribution >= 4 is 11.6 Å². The fraction of sp³-hybridized carbons (Fsp3) is 0.545. The highest BCUT2D eigenvalue weighted by atomic mass is 35.5. The van der Waals surface area contributed by atoms with Crippen molar-refractivity contribution in [3.63, 3.8) is 0 Å².